The van der Waals surface area contributed by atoms with Crippen molar-refractivity contribution in [2.24, 2.45) is 5.41 Å². The summed E-state index contributed by atoms with van der Waals surface area (Å²) in [6.07, 6.45) is 4.15. The van der Waals surface area contributed by atoms with Crippen LogP contribution in [-0.4, -0.2) is 21.6 Å². The van der Waals surface area contributed by atoms with Gasteiger partial charge in [-0.1, -0.05) is 0 Å². The Kier molecular flexibility index (Phi) is 2.47. The minimum atomic E-state index is -0.758. The Hall–Kier alpha value is -1.46. The largest absolute Gasteiger partial charge is 0.389 e. The number of hydrogen-bond donors (Lipinski definition) is 2. The molecule has 5 heteroatoms. The van der Waals surface area contributed by atoms with Crippen LogP contribution in [0.15, 0.2) is 23.7 Å². The molecule has 0 aliphatic heterocycles. The third-order valence-electron chi connectivity index (χ3n) is 4.85. The van der Waals surface area contributed by atoms with Gasteiger partial charge in [0.15, 0.2) is 0 Å². The van der Waals surface area contributed by atoms with E-state index in [1.165, 1.54) is 0 Å². The van der Waals surface area contributed by atoms with E-state index in [2.05, 4.69) is 10.3 Å². The number of aromatic nitrogens is 1. The SMILES string of the molecule is O=C(Nc1ccc2ncsc2c1)C1(C2(O)CCC2)CC1. The predicted molar refractivity (Wildman–Crippen MR) is 78.7 cm³/mol. The van der Waals surface area contributed by atoms with E-state index in [9.17, 15) is 9.90 Å². The molecule has 1 amide bonds. The van der Waals surface area contributed by atoms with Gasteiger partial charge in [-0.15, -0.1) is 11.3 Å². The molecule has 2 fully saturated rings. The lowest BCUT2D eigenvalue weighted by Gasteiger charge is -2.43. The molecule has 2 aromatic rings. The molecular formula is C15H16N2O2S. The molecule has 0 spiro atoms. The summed E-state index contributed by atoms with van der Waals surface area (Å²) in [4.78, 5) is 16.8. The first-order chi connectivity index (χ1) is 9.63. The Morgan fingerprint density at radius 1 is 1.30 bits per heavy atom. The molecule has 0 atom stereocenters. The van der Waals surface area contributed by atoms with Gasteiger partial charge in [-0.25, -0.2) is 4.98 Å². The number of carbonyl (C=O) groups is 1. The van der Waals surface area contributed by atoms with E-state index in [1.54, 1.807) is 16.8 Å². The van der Waals surface area contributed by atoms with E-state index < -0.39 is 11.0 Å². The number of carbonyl (C=O) groups excluding carboxylic acids is 1. The molecule has 0 bridgehead atoms. The van der Waals surface area contributed by atoms with Crippen molar-refractivity contribution < 1.29 is 9.90 Å². The fourth-order valence-corrected chi connectivity index (χ4v) is 3.92. The first-order valence-electron chi connectivity index (χ1n) is 7.00. The lowest BCUT2D eigenvalue weighted by Crippen LogP contribution is -2.51. The molecule has 20 heavy (non-hydrogen) atoms. The minimum absolute atomic E-state index is 0.0245. The first-order valence-corrected chi connectivity index (χ1v) is 7.88. The van der Waals surface area contributed by atoms with E-state index in [0.717, 1.165) is 48.0 Å². The number of benzene rings is 1. The van der Waals surface area contributed by atoms with Crippen LogP contribution in [0.3, 0.4) is 0 Å². The minimum Gasteiger partial charge on any atom is -0.389 e. The summed E-state index contributed by atoms with van der Waals surface area (Å²) in [7, 11) is 0. The van der Waals surface area contributed by atoms with Crippen molar-refractivity contribution in [2.75, 3.05) is 5.32 Å². The van der Waals surface area contributed by atoms with Crippen molar-refractivity contribution in [2.45, 2.75) is 37.7 Å². The number of amides is 1. The smallest absolute Gasteiger partial charge is 0.233 e. The molecule has 0 saturated heterocycles. The van der Waals surface area contributed by atoms with E-state index in [4.69, 9.17) is 0 Å². The summed E-state index contributed by atoms with van der Waals surface area (Å²) < 4.78 is 1.06. The number of fused-ring (bicyclic) bond motifs is 1. The average molecular weight is 288 g/mol. The number of hydrogen-bond acceptors (Lipinski definition) is 4. The van der Waals surface area contributed by atoms with E-state index in [0.29, 0.717) is 0 Å². The van der Waals surface area contributed by atoms with E-state index in [1.807, 2.05) is 18.2 Å². The number of nitrogens with zero attached hydrogens (tertiary/aromatic N) is 1. The van der Waals surface area contributed by atoms with Gasteiger partial charge in [0.05, 0.1) is 26.7 Å². The molecule has 1 aromatic heterocycles. The van der Waals surface area contributed by atoms with Gasteiger partial charge in [-0.2, -0.15) is 0 Å². The lowest BCUT2D eigenvalue weighted by atomic mass is 9.68. The maximum absolute atomic E-state index is 12.5. The summed E-state index contributed by atoms with van der Waals surface area (Å²) >= 11 is 1.56. The highest BCUT2D eigenvalue weighted by molar-refractivity contribution is 7.16. The first kappa shape index (κ1) is 12.3. The number of nitrogens with one attached hydrogen (secondary N) is 1. The normalized spacial score (nSPS) is 22.2. The van der Waals surface area contributed by atoms with Crippen LogP contribution in [0.4, 0.5) is 5.69 Å². The molecule has 104 valence electrons. The summed E-state index contributed by atoms with van der Waals surface area (Å²) in [5.74, 6) is -0.0245. The van der Waals surface area contributed by atoms with Crippen LogP contribution in [0, 0.1) is 5.41 Å². The van der Waals surface area contributed by atoms with Crippen LogP contribution in [0.2, 0.25) is 0 Å². The molecule has 1 aromatic carbocycles. The van der Waals surface area contributed by atoms with Crippen molar-refractivity contribution in [3.05, 3.63) is 23.7 Å². The lowest BCUT2D eigenvalue weighted by molar-refractivity contribution is -0.143. The predicted octanol–water partition coefficient (Wildman–Crippen LogP) is 2.93. The van der Waals surface area contributed by atoms with Crippen LogP contribution >= 0.6 is 11.3 Å². The van der Waals surface area contributed by atoms with Crippen molar-refractivity contribution >= 4 is 33.1 Å². The van der Waals surface area contributed by atoms with Gasteiger partial charge < -0.3 is 10.4 Å². The van der Waals surface area contributed by atoms with Crippen molar-refractivity contribution in [1.82, 2.24) is 4.98 Å². The second-order valence-electron chi connectivity index (χ2n) is 5.96. The molecule has 2 saturated carbocycles. The van der Waals surface area contributed by atoms with Gasteiger partial charge in [-0.05, 0) is 50.3 Å². The fraction of sp³-hybridized carbons (Fsp3) is 0.467. The second-order valence-corrected chi connectivity index (χ2v) is 6.84. The maximum Gasteiger partial charge on any atom is 0.233 e. The number of anilines is 1. The zero-order chi connectivity index (χ0) is 13.8. The van der Waals surface area contributed by atoms with Crippen LogP contribution in [0.5, 0.6) is 0 Å². The van der Waals surface area contributed by atoms with Crippen LogP contribution < -0.4 is 5.32 Å². The van der Waals surface area contributed by atoms with E-state index >= 15 is 0 Å². The second kappa shape index (κ2) is 4.02. The third kappa shape index (κ3) is 1.63. The molecule has 4 nitrogen and oxygen atoms in total. The summed E-state index contributed by atoms with van der Waals surface area (Å²) in [6, 6.07) is 5.74. The highest BCUT2D eigenvalue weighted by Crippen LogP contribution is 2.61. The fourth-order valence-electron chi connectivity index (χ4n) is 3.20. The summed E-state index contributed by atoms with van der Waals surface area (Å²) in [5.41, 5.74) is 2.25. The molecule has 4 rings (SSSR count). The van der Waals surface area contributed by atoms with Gasteiger partial charge in [0.1, 0.15) is 0 Å². The molecule has 0 unspecified atom stereocenters. The standard InChI is InChI=1S/C15H16N2O2S/c18-13(14(6-7-14)15(19)4-1-5-15)17-10-2-3-11-12(8-10)20-9-16-11/h2-3,8-9,19H,1,4-7H2,(H,17,18). The van der Waals surface area contributed by atoms with Gasteiger partial charge in [0, 0.05) is 5.69 Å². The highest BCUT2D eigenvalue weighted by Gasteiger charge is 2.65. The molecule has 2 N–H and O–H groups in total. The van der Waals surface area contributed by atoms with Gasteiger partial charge in [-0.3, -0.25) is 4.79 Å². The van der Waals surface area contributed by atoms with Crippen molar-refractivity contribution in [3.63, 3.8) is 0 Å². The van der Waals surface area contributed by atoms with Crippen molar-refractivity contribution in [3.8, 4) is 0 Å². The van der Waals surface area contributed by atoms with Crippen molar-refractivity contribution in [1.29, 1.82) is 0 Å². The Morgan fingerprint density at radius 2 is 2.10 bits per heavy atom. The summed E-state index contributed by atoms with van der Waals surface area (Å²) in [6.45, 7) is 0. The summed E-state index contributed by atoms with van der Waals surface area (Å²) in [5, 5.41) is 13.5. The number of thiazole rings is 1. The quantitative estimate of drug-likeness (QED) is 0.913. The van der Waals surface area contributed by atoms with Crippen LogP contribution in [0.1, 0.15) is 32.1 Å². The van der Waals surface area contributed by atoms with Crippen LogP contribution in [0.25, 0.3) is 10.2 Å². The molecular weight excluding hydrogens is 272 g/mol. The Balaban J connectivity index is 1.58. The topological polar surface area (TPSA) is 62.2 Å². The van der Waals surface area contributed by atoms with E-state index in [-0.39, 0.29) is 5.91 Å². The Morgan fingerprint density at radius 3 is 2.75 bits per heavy atom. The highest BCUT2D eigenvalue weighted by atomic mass is 32.1. The van der Waals surface area contributed by atoms with Gasteiger partial charge in [0.2, 0.25) is 5.91 Å². The molecule has 2 aliphatic carbocycles. The van der Waals surface area contributed by atoms with Gasteiger partial charge >= 0.3 is 0 Å². The zero-order valence-electron chi connectivity index (χ0n) is 11.1. The Labute approximate surface area is 120 Å². The monoisotopic (exact) mass is 288 g/mol. The maximum atomic E-state index is 12.5. The average Bonchev–Trinajstić information content (AvgIpc) is 3.09. The molecule has 0 radical (unpaired) electrons. The molecule has 1 heterocycles. The van der Waals surface area contributed by atoms with Crippen LogP contribution in [-0.2, 0) is 4.79 Å². The van der Waals surface area contributed by atoms with Gasteiger partial charge in [0.25, 0.3) is 0 Å². The Bertz CT molecular complexity index is 686. The number of aliphatic hydroxyl groups is 1. The molecule has 2 aliphatic rings. The third-order valence-corrected chi connectivity index (χ3v) is 5.64. The zero-order valence-corrected chi connectivity index (χ0v) is 11.9. The number of rotatable bonds is 3.